The molecule has 0 bridgehead atoms. The molecule has 2 aromatic rings. The average molecular weight is 520 g/mol. The number of aliphatic hydroxyl groups excluding tert-OH is 1. The van der Waals surface area contributed by atoms with E-state index in [1.54, 1.807) is 12.4 Å². The van der Waals surface area contributed by atoms with E-state index in [9.17, 15) is 5.11 Å². The quantitative estimate of drug-likeness (QED) is 0.165. The van der Waals surface area contributed by atoms with E-state index in [1.165, 1.54) is 25.9 Å². The van der Waals surface area contributed by atoms with Crippen LogP contribution in [0, 0.1) is 6.92 Å². The molecule has 1 unspecified atom stereocenters. The van der Waals surface area contributed by atoms with E-state index in [4.69, 9.17) is 9.47 Å². The normalized spacial score (nSPS) is 15.7. The van der Waals surface area contributed by atoms with E-state index in [0.29, 0.717) is 13.2 Å². The third-order valence-corrected chi connectivity index (χ3v) is 7.16. The molecule has 1 fully saturated rings. The van der Waals surface area contributed by atoms with E-state index in [0.717, 1.165) is 65.3 Å². The molecule has 206 valence electrons. The summed E-state index contributed by atoms with van der Waals surface area (Å²) in [6, 6.07) is 9.95. The fourth-order valence-corrected chi connectivity index (χ4v) is 4.98. The molecular formula is C32H45N3O3. The minimum Gasteiger partial charge on any atom is -0.493 e. The number of rotatable bonds is 16. The Morgan fingerprint density at radius 2 is 1.92 bits per heavy atom. The van der Waals surface area contributed by atoms with Gasteiger partial charge in [-0.25, -0.2) is 0 Å². The first kappa shape index (κ1) is 29.6. The molecule has 2 heterocycles. The second-order valence-corrected chi connectivity index (χ2v) is 9.75. The minimum atomic E-state index is -0.100. The van der Waals surface area contributed by atoms with Crippen LogP contribution in [-0.4, -0.2) is 61.0 Å². The summed E-state index contributed by atoms with van der Waals surface area (Å²) in [7, 11) is 0. The highest BCUT2D eigenvalue weighted by molar-refractivity contribution is 5.81. The van der Waals surface area contributed by atoms with Crippen molar-refractivity contribution in [1.82, 2.24) is 15.2 Å². The highest BCUT2D eigenvalue weighted by atomic mass is 16.5. The van der Waals surface area contributed by atoms with E-state index >= 15 is 0 Å². The molecule has 1 atom stereocenters. The Morgan fingerprint density at radius 3 is 2.61 bits per heavy atom. The second kappa shape index (κ2) is 16.1. The van der Waals surface area contributed by atoms with Gasteiger partial charge in [0, 0.05) is 18.9 Å². The van der Waals surface area contributed by atoms with Gasteiger partial charge in [-0.15, -0.1) is 0 Å². The predicted octanol–water partition coefficient (Wildman–Crippen LogP) is 5.85. The average Bonchev–Trinajstić information content (AvgIpc) is 3.47. The zero-order valence-electron chi connectivity index (χ0n) is 23.4. The highest BCUT2D eigenvalue weighted by Gasteiger charge is 2.15. The van der Waals surface area contributed by atoms with Crippen LogP contribution in [0.1, 0.15) is 62.3 Å². The summed E-state index contributed by atoms with van der Waals surface area (Å²) >= 11 is 0. The highest BCUT2D eigenvalue weighted by Crippen LogP contribution is 2.33. The standard InChI is InChI=1S/C32H45N3O3/c1-5-28(25(3)31(6-2)37-23-11-21-35-19-7-8-20-35)29-12-9-13-32(26(29)4)38-22-10-16-34-30(24-36)27-14-17-33-18-15-27/h5-6,9,12-15,17-18,30,34,36H,2,7-8,10-11,16,19-24H2,1,3-4H3/b28-5+,31-25+. The van der Waals surface area contributed by atoms with E-state index in [2.05, 4.69) is 54.7 Å². The van der Waals surface area contributed by atoms with Crippen LogP contribution in [0.5, 0.6) is 5.75 Å². The Morgan fingerprint density at radius 1 is 1.16 bits per heavy atom. The van der Waals surface area contributed by atoms with Crippen molar-refractivity contribution >= 4 is 5.57 Å². The largest absolute Gasteiger partial charge is 0.493 e. The van der Waals surface area contributed by atoms with Crippen LogP contribution in [-0.2, 0) is 4.74 Å². The van der Waals surface area contributed by atoms with Crippen molar-refractivity contribution < 1.29 is 14.6 Å². The number of hydrogen-bond donors (Lipinski definition) is 2. The summed E-state index contributed by atoms with van der Waals surface area (Å²) in [5.41, 5.74) is 5.49. The molecule has 1 aliphatic rings. The SMILES string of the molecule is C=C/C(OCCCN1CCCC1)=C(C)\C(=C/C)c1cccc(OCCCNC(CO)c2ccncc2)c1C. The predicted molar refractivity (Wildman–Crippen MR) is 156 cm³/mol. The van der Waals surface area contributed by atoms with Crippen molar-refractivity contribution in [2.24, 2.45) is 0 Å². The maximum Gasteiger partial charge on any atom is 0.122 e. The lowest BCUT2D eigenvalue weighted by molar-refractivity contribution is 0.199. The Hall–Kier alpha value is -2.93. The van der Waals surface area contributed by atoms with Crippen molar-refractivity contribution in [3.8, 4) is 5.75 Å². The van der Waals surface area contributed by atoms with Crippen LogP contribution in [0.2, 0.25) is 0 Å². The second-order valence-electron chi connectivity index (χ2n) is 9.75. The van der Waals surface area contributed by atoms with Gasteiger partial charge in [0.15, 0.2) is 0 Å². The summed E-state index contributed by atoms with van der Waals surface area (Å²) in [4.78, 5) is 6.56. The number of nitrogens with one attached hydrogen (secondary N) is 1. The van der Waals surface area contributed by atoms with Gasteiger partial charge in [0.05, 0.1) is 25.9 Å². The molecule has 0 saturated carbocycles. The van der Waals surface area contributed by atoms with E-state index in [-0.39, 0.29) is 12.6 Å². The lowest BCUT2D eigenvalue weighted by Crippen LogP contribution is -2.26. The van der Waals surface area contributed by atoms with Crippen LogP contribution >= 0.6 is 0 Å². The van der Waals surface area contributed by atoms with Gasteiger partial charge in [-0.3, -0.25) is 4.98 Å². The number of hydrogen-bond acceptors (Lipinski definition) is 6. The molecule has 0 aliphatic carbocycles. The molecule has 6 heteroatoms. The molecule has 38 heavy (non-hydrogen) atoms. The smallest absolute Gasteiger partial charge is 0.122 e. The Bertz CT molecular complexity index is 1060. The van der Waals surface area contributed by atoms with Gasteiger partial charge < -0.3 is 24.8 Å². The summed E-state index contributed by atoms with van der Waals surface area (Å²) in [6.45, 7) is 15.9. The van der Waals surface area contributed by atoms with Gasteiger partial charge in [0.2, 0.25) is 0 Å². The van der Waals surface area contributed by atoms with Crippen molar-refractivity contribution in [1.29, 1.82) is 0 Å². The number of benzene rings is 1. The number of aliphatic hydroxyl groups is 1. The van der Waals surface area contributed by atoms with Crippen LogP contribution in [0.15, 0.2) is 72.8 Å². The molecule has 1 aromatic heterocycles. The van der Waals surface area contributed by atoms with Crippen LogP contribution in [0.4, 0.5) is 0 Å². The number of likely N-dealkylation sites (tertiary alicyclic amines) is 1. The Labute approximate surface area is 229 Å². The Kier molecular flexibility index (Phi) is 12.6. The maximum atomic E-state index is 9.72. The van der Waals surface area contributed by atoms with Crippen molar-refractivity contribution in [2.45, 2.75) is 52.5 Å². The fraction of sp³-hybridized carbons (Fsp3) is 0.469. The number of aromatic nitrogens is 1. The minimum absolute atomic E-state index is 0.0415. The molecule has 0 radical (unpaired) electrons. The Balaban J connectivity index is 1.55. The molecular weight excluding hydrogens is 474 g/mol. The molecule has 0 spiro atoms. The van der Waals surface area contributed by atoms with Gasteiger partial charge in [-0.05, 0) is 118 Å². The molecule has 1 aliphatic heterocycles. The molecule has 6 nitrogen and oxygen atoms in total. The number of nitrogens with zero attached hydrogens (tertiary/aromatic N) is 2. The monoisotopic (exact) mass is 519 g/mol. The summed E-state index contributed by atoms with van der Waals surface area (Å²) in [5.74, 6) is 1.72. The first-order valence-electron chi connectivity index (χ1n) is 13.9. The maximum absolute atomic E-state index is 9.72. The zero-order chi connectivity index (χ0) is 27.2. The van der Waals surface area contributed by atoms with Gasteiger partial charge in [0.25, 0.3) is 0 Å². The van der Waals surface area contributed by atoms with Crippen molar-refractivity contribution in [3.05, 3.63) is 89.5 Å². The van der Waals surface area contributed by atoms with Crippen LogP contribution < -0.4 is 10.1 Å². The molecule has 1 aromatic carbocycles. The third-order valence-electron chi connectivity index (χ3n) is 7.16. The number of ether oxygens (including phenoxy) is 2. The summed E-state index contributed by atoms with van der Waals surface area (Å²) in [6.07, 6.45) is 11.9. The lowest BCUT2D eigenvalue weighted by Gasteiger charge is -2.19. The van der Waals surface area contributed by atoms with Gasteiger partial charge in [-0.2, -0.15) is 0 Å². The van der Waals surface area contributed by atoms with Gasteiger partial charge >= 0.3 is 0 Å². The lowest BCUT2D eigenvalue weighted by atomic mass is 9.93. The van der Waals surface area contributed by atoms with E-state index in [1.807, 2.05) is 30.3 Å². The number of allylic oxidation sites excluding steroid dienone is 4. The summed E-state index contributed by atoms with van der Waals surface area (Å²) in [5, 5.41) is 13.1. The molecule has 3 rings (SSSR count). The number of pyridine rings is 1. The molecule has 0 amide bonds. The topological polar surface area (TPSA) is 66.9 Å². The third kappa shape index (κ3) is 8.55. The van der Waals surface area contributed by atoms with Crippen molar-refractivity contribution in [3.63, 3.8) is 0 Å². The molecule has 2 N–H and O–H groups in total. The van der Waals surface area contributed by atoms with Gasteiger partial charge in [-0.1, -0.05) is 24.8 Å². The summed E-state index contributed by atoms with van der Waals surface area (Å²) < 4.78 is 12.4. The van der Waals surface area contributed by atoms with E-state index < -0.39 is 0 Å². The first-order chi connectivity index (χ1) is 18.6. The first-order valence-corrected chi connectivity index (χ1v) is 13.9. The zero-order valence-corrected chi connectivity index (χ0v) is 23.4. The van der Waals surface area contributed by atoms with Crippen LogP contribution in [0.25, 0.3) is 5.57 Å². The van der Waals surface area contributed by atoms with Crippen LogP contribution in [0.3, 0.4) is 0 Å². The van der Waals surface area contributed by atoms with Gasteiger partial charge in [0.1, 0.15) is 11.5 Å². The molecule has 1 saturated heterocycles. The fourth-order valence-electron chi connectivity index (χ4n) is 4.98. The van der Waals surface area contributed by atoms with Crippen molar-refractivity contribution in [2.75, 3.05) is 46.0 Å².